The van der Waals surface area contributed by atoms with E-state index in [-0.39, 0.29) is 11.5 Å². The Morgan fingerprint density at radius 3 is 2.65 bits per heavy atom. The van der Waals surface area contributed by atoms with Crippen molar-refractivity contribution in [2.24, 2.45) is 0 Å². The van der Waals surface area contributed by atoms with Crippen LogP contribution in [0.2, 0.25) is 5.02 Å². The van der Waals surface area contributed by atoms with Crippen molar-refractivity contribution in [1.29, 1.82) is 0 Å². The maximum atomic E-state index is 12.5. The van der Waals surface area contributed by atoms with Gasteiger partial charge in [0.2, 0.25) is 5.78 Å². The SMILES string of the molecule is O=C(Oc1ccc2c(c1)OC(=Cc1ccc(Cl)cc1)C2=O)c1cccs1. The van der Waals surface area contributed by atoms with Crippen molar-refractivity contribution in [2.75, 3.05) is 0 Å². The fourth-order valence-corrected chi connectivity index (χ4v) is 3.22. The molecule has 0 aliphatic carbocycles. The minimum Gasteiger partial charge on any atom is -0.452 e. The summed E-state index contributed by atoms with van der Waals surface area (Å²) in [7, 11) is 0. The summed E-state index contributed by atoms with van der Waals surface area (Å²) in [6, 6.07) is 15.3. The second kappa shape index (κ2) is 6.78. The molecule has 0 fully saturated rings. The van der Waals surface area contributed by atoms with Gasteiger partial charge in [-0.3, -0.25) is 4.79 Å². The Morgan fingerprint density at radius 2 is 1.92 bits per heavy atom. The first-order valence-electron chi connectivity index (χ1n) is 7.70. The Hall–Kier alpha value is -2.89. The number of thiophene rings is 1. The van der Waals surface area contributed by atoms with E-state index in [1.54, 1.807) is 66.1 Å². The van der Waals surface area contributed by atoms with Crippen LogP contribution in [0, 0.1) is 0 Å². The smallest absolute Gasteiger partial charge is 0.353 e. The van der Waals surface area contributed by atoms with E-state index in [0.29, 0.717) is 27.0 Å². The van der Waals surface area contributed by atoms with Gasteiger partial charge in [-0.25, -0.2) is 4.79 Å². The van der Waals surface area contributed by atoms with E-state index < -0.39 is 5.97 Å². The number of esters is 1. The molecule has 128 valence electrons. The zero-order chi connectivity index (χ0) is 18.1. The first kappa shape index (κ1) is 16.6. The Balaban J connectivity index is 1.56. The van der Waals surface area contributed by atoms with Gasteiger partial charge in [-0.05, 0) is 47.4 Å². The molecule has 2 aromatic carbocycles. The van der Waals surface area contributed by atoms with Gasteiger partial charge in [-0.1, -0.05) is 29.8 Å². The van der Waals surface area contributed by atoms with Crippen LogP contribution in [0.3, 0.4) is 0 Å². The Labute approximate surface area is 158 Å². The average molecular weight is 383 g/mol. The summed E-state index contributed by atoms with van der Waals surface area (Å²) in [5.74, 6) is 0.241. The van der Waals surface area contributed by atoms with E-state index in [2.05, 4.69) is 0 Å². The summed E-state index contributed by atoms with van der Waals surface area (Å²) in [6.45, 7) is 0. The van der Waals surface area contributed by atoms with Gasteiger partial charge in [0.25, 0.3) is 0 Å². The highest BCUT2D eigenvalue weighted by Crippen LogP contribution is 2.35. The summed E-state index contributed by atoms with van der Waals surface area (Å²) in [4.78, 5) is 25.0. The summed E-state index contributed by atoms with van der Waals surface area (Å²) in [6.07, 6.45) is 1.65. The number of halogens is 1. The molecule has 0 atom stereocenters. The van der Waals surface area contributed by atoms with E-state index in [0.717, 1.165) is 5.56 Å². The first-order chi connectivity index (χ1) is 12.6. The second-order valence-corrected chi connectivity index (χ2v) is 6.90. The summed E-state index contributed by atoms with van der Waals surface area (Å²) >= 11 is 7.17. The van der Waals surface area contributed by atoms with Crippen LogP contribution in [0.25, 0.3) is 6.08 Å². The van der Waals surface area contributed by atoms with Gasteiger partial charge in [0.05, 0.1) is 5.56 Å². The molecule has 1 aliphatic rings. The molecule has 0 saturated heterocycles. The van der Waals surface area contributed by atoms with Gasteiger partial charge in [-0.15, -0.1) is 11.3 Å². The number of ketones is 1. The predicted octanol–water partition coefficient (Wildman–Crippen LogP) is 5.24. The summed E-state index contributed by atoms with van der Waals surface area (Å²) < 4.78 is 11.0. The van der Waals surface area contributed by atoms with E-state index >= 15 is 0 Å². The summed E-state index contributed by atoms with van der Waals surface area (Å²) in [5, 5.41) is 2.42. The third-order valence-electron chi connectivity index (χ3n) is 3.74. The number of hydrogen-bond donors (Lipinski definition) is 0. The number of carbonyl (C=O) groups excluding carboxylic acids is 2. The Bertz CT molecular complexity index is 1020. The lowest BCUT2D eigenvalue weighted by Crippen LogP contribution is -2.06. The van der Waals surface area contributed by atoms with Crippen molar-refractivity contribution in [3.8, 4) is 11.5 Å². The molecule has 0 saturated carbocycles. The van der Waals surface area contributed by atoms with Crippen molar-refractivity contribution in [2.45, 2.75) is 0 Å². The zero-order valence-electron chi connectivity index (χ0n) is 13.3. The van der Waals surface area contributed by atoms with E-state index in [9.17, 15) is 9.59 Å². The fourth-order valence-electron chi connectivity index (χ4n) is 2.49. The Morgan fingerprint density at radius 1 is 1.12 bits per heavy atom. The fraction of sp³-hybridized carbons (Fsp3) is 0. The van der Waals surface area contributed by atoms with Crippen molar-refractivity contribution in [3.05, 3.63) is 86.8 Å². The number of rotatable bonds is 3. The lowest BCUT2D eigenvalue weighted by atomic mass is 10.1. The van der Waals surface area contributed by atoms with Crippen LogP contribution in [0.1, 0.15) is 25.6 Å². The van der Waals surface area contributed by atoms with Gasteiger partial charge in [0, 0.05) is 11.1 Å². The molecule has 3 aromatic rings. The monoisotopic (exact) mass is 382 g/mol. The second-order valence-electron chi connectivity index (χ2n) is 5.52. The number of ether oxygens (including phenoxy) is 2. The zero-order valence-corrected chi connectivity index (χ0v) is 14.8. The molecule has 0 N–H and O–H groups in total. The van der Waals surface area contributed by atoms with Gasteiger partial charge in [-0.2, -0.15) is 0 Å². The number of hydrogen-bond acceptors (Lipinski definition) is 5. The predicted molar refractivity (Wildman–Crippen MR) is 100 cm³/mol. The maximum Gasteiger partial charge on any atom is 0.353 e. The lowest BCUT2D eigenvalue weighted by Gasteiger charge is -2.04. The standard InChI is InChI=1S/C20H11ClO4S/c21-13-5-3-12(4-6-13)10-17-19(22)15-8-7-14(11-16(15)25-17)24-20(23)18-2-1-9-26-18/h1-11H. The highest BCUT2D eigenvalue weighted by atomic mass is 35.5. The molecular formula is C20H11ClO4S. The molecule has 2 heterocycles. The minimum absolute atomic E-state index is 0.212. The number of allylic oxidation sites excluding steroid dienone is 1. The van der Waals surface area contributed by atoms with Crippen molar-refractivity contribution >= 4 is 40.8 Å². The molecule has 6 heteroatoms. The van der Waals surface area contributed by atoms with Crippen molar-refractivity contribution in [1.82, 2.24) is 0 Å². The molecule has 4 nitrogen and oxygen atoms in total. The first-order valence-corrected chi connectivity index (χ1v) is 8.95. The van der Waals surface area contributed by atoms with E-state index in [1.165, 1.54) is 11.3 Å². The summed E-state index contributed by atoms with van der Waals surface area (Å²) in [5.41, 5.74) is 1.23. The van der Waals surface area contributed by atoms with Crippen LogP contribution in [-0.2, 0) is 0 Å². The highest BCUT2D eigenvalue weighted by molar-refractivity contribution is 7.12. The van der Waals surface area contributed by atoms with Crippen LogP contribution < -0.4 is 9.47 Å². The minimum atomic E-state index is -0.443. The van der Waals surface area contributed by atoms with E-state index in [1.807, 2.05) is 0 Å². The van der Waals surface area contributed by atoms with Crippen LogP contribution in [0.4, 0.5) is 0 Å². The third kappa shape index (κ3) is 3.27. The van der Waals surface area contributed by atoms with Gasteiger partial charge < -0.3 is 9.47 Å². The van der Waals surface area contributed by atoms with Crippen LogP contribution >= 0.6 is 22.9 Å². The molecular weight excluding hydrogens is 372 g/mol. The topological polar surface area (TPSA) is 52.6 Å². The maximum absolute atomic E-state index is 12.5. The molecule has 26 heavy (non-hydrogen) atoms. The third-order valence-corrected chi connectivity index (χ3v) is 4.84. The largest absolute Gasteiger partial charge is 0.452 e. The normalized spacial score (nSPS) is 14.2. The molecule has 0 radical (unpaired) electrons. The van der Waals surface area contributed by atoms with Crippen LogP contribution in [-0.4, -0.2) is 11.8 Å². The quantitative estimate of drug-likeness (QED) is 0.353. The van der Waals surface area contributed by atoms with Crippen LogP contribution in [0.5, 0.6) is 11.5 Å². The lowest BCUT2D eigenvalue weighted by molar-refractivity contribution is 0.0739. The van der Waals surface area contributed by atoms with Crippen molar-refractivity contribution < 1.29 is 19.1 Å². The van der Waals surface area contributed by atoms with Gasteiger partial charge >= 0.3 is 5.97 Å². The van der Waals surface area contributed by atoms with E-state index in [4.69, 9.17) is 21.1 Å². The average Bonchev–Trinajstić information content (AvgIpc) is 3.26. The van der Waals surface area contributed by atoms with Gasteiger partial charge in [0.15, 0.2) is 5.76 Å². The molecule has 0 bridgehead atoms. The molecule has 1 aliphatic heterocycles. The Kier molecular flexibility index (Phi) is 4.32. The molecule has 1 aromatic heterocycles. The molecule has 0 unspecified atom stereocenters. The number of fused-ring (bicyclic) bond motifs is 1. The molecule has 0 amide bonds. The van der Waals surface area contributed by atoms with Crippen molar-refractivity contribution in [3.63, 3.8) is 0 Å². The molecule has 0 spiro atoms. The van der Waals surface area contributed by atoms with Gasteiger partial charge in [0.1, 0.15) is 16.4 Å². The van der Waals surface area contributed by atoms with Crippen LogP contribution in [0.15, 0.2) is 65.7 Å². The number of benzene rings is 2. The number of Topliss-reactive ketones (excluding diaryl/α,β-unsaturated/α-hetero) is 1. The highest BCUT2D eigenvalue weighted by Gasteiger charge is 2.28. The number of carbonyl (C=O) groups is 2. The molecule has 4 rings (SSSR count).